The molecule has 2 aromatic rings. The van der Waals surface area contributed by atoms with Crippen molar-refractivity contribution >= 4 is 28.8 Å². The molecule has 2 rings (SSSR count). The maximum Gasteiger partial charge on any atom is 0.323 e. The van der Waals surface area contributed by atoms with E-state index in [1.165, 1.54) is 12.1 Å². The second-order valence-electron chi connectivity index (χ2n) is 4.35. The van der Waals surface area contributed by atoms with Gasteiger partial charge < -0.3 is 21.0 Å². The Morgan fingerprint density at radius 1 is 0.864 bits per heavy atom. The van der Waals surface area contributed by atoms with Crippen molar-refractivity contribution < 1.29 is 25.7 Å². The summed E-state index contributed by atoms with van der Waals surface area (Å²) in [6.07, 6.45) is 0. The van der Waals surface area contributed by atoms with Crippen LogP contribution >= 0.6 is 0 Å². The average Bonchev–Trinajstić information content (AvgIpc) is 2.47. The Hall–Kier alpha value is -2.53. The molecular formula is C13H14N4O5. The largest absolute Gasteiger partial charge is 0.595 e. The number of amides is 2. The van der Waals surface area contributed by atoms with Gasteiger partial charge in [-0.1, -0.05) is 18.2 Å². The molecular weight excluding hydrogens is 292 g/mol. The predicted octanol–water partition coefficient (Wildman–Crippen LogP) is 0.137. The third kappa shape index (κ3) is 4.23. The van der Waals surface area contributed by atoms with E-state index in [1.54, 1.807) is 30.3 Å². The highest BCUT2D eigenvalue weighted by atomic mass is 16.8. The SMILES string of the molecule is O=C(Nc1ccccc1)Nc1cc([NH+]([O-])O)cc([NH+]([O-])O)c1. The van der Waals surface area contributed by atoms with E-state index in [0.717, 1.165) is 6.07 Å². The van der Waals surface area contributed by atoms with Crippen LogP contribution in [0.4, 0.5) is 27.5 Å². The second-order valence-corrected chi connectivity index (χ2v) is 4.35. The highest BCUT2D eigenvalue weighted by Crippen LogP contribution is 2.18. The molecule has 0 aromatic heterocycles. The highest BCUT2D eigenvalue weighted by molar-refractivity contribution is 6.00. The molecule has 0 heterocycles. The van der Waals surface area contributed by atoms with Crippen molar-refractivity contribution in [1.29, 1.82) is 0 Å². The molecule has 9 nitrogen and oxygen atoms in total. The smallest absolute Gasteiger partial charge is 0.323 e. The van der Waals surface area contributed by atoms with Gasteiger partial charge in [0.05, 0.1) is 11.8 Å². The van der Waals surface area contributed by atoms with E-state index < -0.39 is 16.5 Å². The lowest BCUT2D eigenvalue weighted by atomic mass is 10.2. The minimum Gasteiger partial charge on any atom is -0.595 e. The fourth-order valence-corrected chi connectivity index (χ4v) is 1.76. The number of rotatable bonds is 4. The Labute approximate surface area is 125 Å². The van der Waals surface area contributed by atoms with Crippen molar-refractivity contribution in [2.45, 2.75) is 0 Å². The molecule has 2 atom stereocenters. The van der Waals surface area contributed by atoms with Crippen LogP contribution in [0.3, 0.4) is 0 Å². The Kier molecular flexibility index (Phi) is 5.01. The molecule has 9 heteroatoms. The summed E-state index contributed by atoms with van der Waals surface area (Å²) in [5.41, 5.74) is 0.170. The number of hydrogen-bond acceptors (Lipinski definition) is 5. The molecule has 0 aliphatic heterocycles. The molecule has 116 valence electrons. The number of anilines is 2. The van der Waals surface area contributed by atoms with Crippen molar-refractivity contribution in [2.75, 3.05) is 10.6 Å². The summed E-state index contributed by atoms with van der Waals surface area (Å²) in [5.74, 6) is 0. The average molecular weight is 306 g/mol. The van der Waals surface area contributed by atoms with Gasteiger partial charge in [-0.05, 0) is 12.1 Å². The summed E-state index contributed by atoms with van der Waals surface area (Å²) in [6, 6.07) is 11.4. The maximum absolute atomic E-state index is 11.8. The Balaban J connectivity index is 2.16. The molecule has 0 fully saturated rings. The normalized spacial score (nSPS) is 13.3. The van der Waals surface area contributed by atoms with E-state index in [2.05, 4.69) is 10.6 Å². The first-order valence-corrected chi connectivity index (χ1v) is 6.20. The van der Waals surface area contributed by atoms with Gasteiger partial charge in [-0.25, -0.2) is 15.2 Å². The zero-order valence-electron chi connectivity index (χ0n) is 11.2. The lowest BCUT2D eigenvalue weighted by molar-refractivity contribution is -0.996. The molecule has 22 heavy (non-hydrogen) atoms. The summed E-state index contributed by atoms with van der Waals surface area (Å²) in [5, 5.41) is 42.3. The fraction of sp³-hybridized carbons (Fsp3) is 0. The second kappa shape index (κ2) is 6.95. The number of urea groups is 1. The quantitative estimate of drug-likeness (QED) is 0.446. The minimum atomic E-state index is -1.28. The summed E-state index contributed by atoms with van der Waals surface area (Å²) < 4.78 is 0. The molecule has 2 aromatic carbocycles. The molecule has 0 saturated carbocycles. The molecule has 0 bridgehead atoms. The van der Waals surface area contributed by atoms with Gasteiger partial charge in [0.1, 0.15) is 0 Å². The molecule has 6 N–H and O–H groups in total. The van der Waals surface area contributed by atoms with E-state index in [1.807, 2.05) is 0 Å². The van der Waals surface area contributed by atoms with Gasteiger partial charge >= 0.3 is 6.03 Å². The van der Waals surface area contributed by atoms with Crippen molar-refractivity contribution in [1.82, 2.24) is 0 Å². The van der Waals surface area contributed by atoms with Gasteiger partial charge in [-0.3, -0.25) is 0 Å². The topological polar surface area (TPSA) is 137 Å². The Morgan fingerprint density at radius 2 is 1.36 bits per heavy atom. The van der Waals surface area contributed by atoms with E-state index >= 15 is 0 Å². The number of quaternary nitrogens is 2. The highest BCUT2D eigenvalue weighted by Gasteiger charge is 2.12. The van der Waals surface area contributed by atoms with Crippen LogP contribution < -0.4 is 21.1 Å². The van der Waals surface area contributed by atoms with E-state index in [4.69, 9.17) is 10.4 Å². The van der Waals surface area contributed by atoms with Crippen molar-refractivity contribution in [2.24, 2.45) is 0 Å². The molecule has 0 aliphatic rings. The van der Waals surface area contributed by atoms with Crippen LogP contribution in [0, 0.1) is 10.4 Å². The maximum atomic E-state index is 11.8. The number of carbonyl (C=O) groups is 1. The van der Waals surface area contributed by atoms with Crippen LogP contribution in [0.2, 0.25) is 0 Å². The third-order valence-corrected chi connectivity index (χ3v) is 2.72. The number of carbonyl (C=O) groups excluding carboxylic acids is 1. The van der Waals surface area contributed by atoms with Crippen LogP contribution in [0.5, 0.6) is 0 Å². The third-order valence-electron chi connectivity index (χ3n) is 2.72. The van der Waals surface area contributed by atoms with Crippen molar-refractivity contribution in [3.63, 3.8) is 0 Å². The van der Waals surface area contributed by atoms with Crippen LogP contribution in [-0.2, 0) is 0 Å². The Bertz CT molecular complexity index is 622. The lowest BCUT2D eigenvalue weighted by Crippen LogP contribution is -3.00. The van der Waals surface area contributed by atoms with Crippen molar-refractivity contribution in [3.8, 4) is 0 Å². The van der Waals surface area contributed by atoms with Crippen LogP contribution in [0.25, 0.3) is 0 Å². The number of nitrogens with one attached hydrogen (secondary N) is 4. The summed E-state index contributed by atoms with van der Waals surface area (Å²) in [7, 11) is 0. The van der Waals surface area contributed by atoms with Crippen LogP contribution in [0.15, 0.2) is 48.5 Å². The molecule has 0 aliphatic carbocycles. The standard InChI is InChI=1S/C13H14N4O5/c18-13(14-9-4-2-1-3-5-9)15-10-6-11(16(19)20)8-12(7-10)17(21)22/h1-8,16-17,19,21H,(H2,14,15,18). The first-order chi connectivity index (χ1) is 10.5. The lowest BCUT2D eigenvalue weighted by Gasteiger charge is -2.17. The van der Waals surface area contributed by atoms with Gasteiger partial charge in [0, 0.05) is 17.8 Å². The molecule has 2 amide bonds. The summed E-state index contributed by atoms with van der Waals surface area (Å²) in [4.78, 5) is 11.8. The van der Waals surface area contributed by atoms with Gasteiger partial charge in [0.25, 0.3) is 0 Å². The molecule has 2 unspecified atom stereocenters. The van der Waals surface area contributed by atoms with E-state index in [-0.39, 0.29) is 17.1 Å². The zero-order valence-corrected chi connectivity index (χ0v) is 11.2. The van der Waals surface area contributed by atoms with Gasteiger partial charge in [-0.2, -0.15) is 10.5 Å². The van der Waals surface area contributed by atoms with Gasteiger partial charge in [0.2, 0.25) is 0 Å². The summed E-state index contributed by atoms with van der Waals surface area (Å²) in [6.45, 7) is 0. The Morgan fingerprint density at radius 3 is 1.86 bits per heavy atom. The van der Waals surface area contributed by atoms with Gasteiger partial charge in [0.15, 0.2) is 11.4 Å². The number of hydrogen-bond donors (Lipinski definition) is 6. The van der Waals surface area contributed by atoms with Gasteiger partial charge in [-0.15, -0.1) is 0 Å². The van der Waals surface area contributed by atoms with E-state index in [9.17, 15) is 15.2 Å². The van der Waals surface area contributed by atoms with E-state index in [0.29, 0.717) is 5.69 Å². The first-order valence-electron chi connectivity index (χ1n) is 6.20. The molecule has 0 spiro atoms. The van der Waals surface area contributed by atoms with Crippen LogP contribution in [-0.4, -0.2) is 16.4 Å². The summed E-state index contributed by atoms with van der Waals surface area (Å²) >= 11 is 0. The number of benzene rings is 2. The molecule has 0 radical (unpaired) electrons. The monoisotopic (exact) mass is 306 g/mol. The zero-order chi connectivity index (χ0) is 16.1. The fourth-order valence-electron chi connectivity index (χ4n) is 1.76. The molecule has 0 saturated heterocycles. The van der Waals surface area contributed by atoms with Crippen LogP contribution in [0.1, 0.15) is 0 Å². The number of para-hydroxylation sites is 1. The van der Waals surface area contributed by atoms with Crippen molar-refractivity contribution in [3.05, 3.63) is 58.9 Å². The first kappa shape index (κ1) is 15.9. The predicted molar refractivity (Wildman–Crippen MR) is 77.1 cm³/mol. The minimum absolute atomic E-state index is 0.0748.